The maximum atomic E-state index is 11.0. The predicted octanol–water partition coefficient (Wildman–Crippen LogP) is 0.197. The molecule has 0 fully saturated rings. The van der Waals surface area contributed by atoms with Crippen LogP contribution in [0.25, 0.3) is 0 Å². The van der Waals surface area contributed by atoms with Gasteiger partial charge in [0, 0.05) is 12.1 Å². The predicted molar refractivity (Wildman–Crippen MR) is 59.2 cm³/mol. The zero-order valence-electron chi connectivity index (χ0n) is 9.32. The van der Waals surface area contributed by atoms with E-state index in [-0.39, 0.29) is 0 Å². The second-order valence-corrected chi connectivity index (χ2v) is 5.88. The second-order valence-electron chi connectivity index (χ2n) is 3.10. The number of hydrogen-bond acceptors (Lipinski definition) is 6. The summed E-state index contributed by atoms with van der Waals surface area (Å²) in [5.74, 6) is -0.878. The third kappa shape index (κ3) is 2.90. The van der Waals surface area contributed by atoms with Crippen LogP contribution in [0.4, 0.5) is 0 Å². The minimum Gasteiger partial charge on any atom is -0.495 e. The van der Waals surface area contributed by atoms with Gasteiger partial charge in [-0.1, -0.05) is 0 Å². The average molecular weight is 298 g/mol. The van der Waals surface area contributed by atoms with Crippen molar-refractivity contribution in [3.63, 3.8) is 0 Å². The van der Waals surface area contributed by atoms with Gasteiger partial charge in [-0.2, -0.15) is 16.8 Å². The Balaban J connectivity index is 3.74. The molecule has 0 atom stereocenters. The Labute approximate surface area is 104 Å². The quantitative estimate of drug-likeness (QED) is 0.754. The van der Waals surface area contributed by atoms with Gasteiger partial charge in [-0.25, -0.2) is 0 Å². The molecule has 0 heterocycles. The molecule has 18 heavy (non-hydrogen) atoms. The molecule has 1 aromatic rings. The van der Waals surface area contributed by atoms with Crippen LogP contribution in [0.3, 0.4) is 0 Å². The van der Waals surface area contributed by atoms with Gasteiger partial charge in [-0.3, -0.25) is 9.11 Å². The molecule has 0 amide bonds. The maximum Gasteiger partial charge on any atom is 0.298 e. The molecule has 2 N–H and O–H groups in total. The summed E-state index contributed by atoms with van der Waals surface area (Å²) in [6, 6.07) is 1.47. The van der Waals surface area contributed by atoms with E-state index in [1.807, 2.05) is 0 Å². The molecule has 0 aliphatic heterocycles. The number of methoxy groups -OCH3 is 2. The van der Waals surface area contributed by atoms with Gasteiger partial charge in [0.1, 0.15) is 21.3 Å². The summed E-state index contributed by atoms with van der Waals surface area (Å²) in [6.07, 6.45) is 0. The van der Waals surface area contributed by atoms with E-state index in [0.717, 1.165) is 26.4 Å². The largest absolute Gasteiger partial charge is 0.495 e. The summed E-state index contributed by atoms with van der Waals surface area (Å²) >= 11 is 0. The highest BCUT2D eigenvalue weighted by Gasteiger charge is 2.25. The molecular weight excluding hydrogens is 288 g/mol. The topological polar surface area (TPSA) is 127 Å². The fourth-order valence-corrected chi connectivity index (χ4v) is 2.55. The van der Waals surface area contributed by atoms with Crippen LogP contribution in [0.15, 0.2) is 21.9 Å². The van der Waals surface area contributed by atoms with Gasteiger partial charge in [-0.05, 0) is 0 Å². The van der Waals surface area contributed by atoms with Gasteiger partial charge in [-0.15, -0.1) is 0 Å². The second kappa shape index (κ2) is 4.72. The lowest BCUT2D eigenvalue weighted by Gasteiger charge is -2.11. The molecule has 0 spiro atoms. The van der Waals surface area contributed by atoms with E-state index in [2.05, 4.69) is 9.47 Å². The van der Waals surface area contributed by atoms with Crippen LogP contribution >= 0.6 is 0 Å². The Kier molecular flexibility index (Phi) is 3.86. The first-order chi connectivity index (χ1) is 8.11. The van der Waals surface area contributed by atoms with E-state index in [0.29, 0.717) is 0 Å². The number of rotatable bonds is 4. The zero-order chi connectivity index (χ0) is 14.1. The first-order valence-electron chi connectivity index (χ1n) is 4.32. The summed E-state index contributed by atoms with van der Waals surface area (Å²) in [5.41, 5.74) is 0. The first kappa shape index (κ1) is 14.7. The summed E-state index contributed by atoms with van der Waals surface area (Å²) in [6.45, 7) is 0. The highest BCUT2D eigenvalue weighted by atomic mass is 32.2. The summed E-state index contributed by atoms with van der Waals surface area (Å²) in [7, 11) is -7.10. The molecule has 0 aliphatic rings. The van der Waals surface area contributed by atoms with E-state index in [1.165, 1.54) is 0 Å². The van der Waals surface area contributed by atoms with Gasteiger partial charge in [0.2, 0.25) is 0 Å². The van der Waals surface area contributed by atoms with Crippen molar-refractivity contribution < 1.29 is 35.4 Å². The third-order valence-corrected chi connectivity index (χ3v) is 3.76. The minimum absolute atomic E-state index is 0.439. The number of ether oxygens (including phenoxy) is 2. The zero-order valence-corrected chi connectivity index (χ0v) is 10.9. The fraction of sp³-hybridized carbons (Fsp3) is 0.250. The van der Waals surface area contributed by atoms with Crippen molar-refractivity contribution in [2.45, 2.75) is 9.79 Å². The maximum absolute atomic E-state index is 11.0. The fourth-order valence-electron chi connectivity index (χ4n) is 1.24. The Morgan fingerprint density at radius 1 is 0.833 bits per heavy atom. The lowest BCUT2D eigenvalue weighted by atomic mass is 10.3. The molecule has 0 aromatic heterocycles. The molecule has 102 valence electrons. The van der Waals surface area contributed by atoms with Crippen LogP contribution in [-0.2, 0) is 20.2 Å². The Bertz CT molecular complexity index is 599. The van der Waals surface area contributed by atoms with Crippen LogP contribution in [-0.4, -0.2) is 40.2 Å². The lowest BCUT2D eigenvalue weighted by molar-refractivity contribution is 0.376. The van der Waals surface area contributed by atoms with E-state index >= 15 is 0 Å². The van der Waals surface area contributed by atoms with Crippen molar-refractivity contribution in [3.05, 3.63) is 12.1 Å². The van der Waals surface area contributed by atoms with Gasteiger partial charge < -0.3 is 9.47 Å². The van der Waals surface area contributed by atoms with Crippen molar-refractivity contribution >= 4 is 20.2 Å². The average Bonchev–Trinajstić information content (AvgIpc) is 2.24. The number of hydrogen-bond donors (Lipinski definition) is 2. The SMILES string of the molecule is COc1cc(S(=O)(=O)O)c(OC)cc1S(=O)(=O)O. The van der Waals surface area contributed by atoms with Crippen LogP contribution in [0.1, 0.15) is 0 Å². The van der Waals surface area contributed by atoms with Gasteiger partial charge in [0.15, 0.2) is 0 Å². The van der Waals surface area contributed by atoms with Crippen molar-refractivity contribution in [2.75, 3.05) is 14.2 Å². The molecule has 1 aromatic carbocycles. The van der Waals surface area contributed by atoms with Crippen LogP contribution < -0.4 is 9.47 Å². The van der Waals surface area contributed by atoms with Crippen molar-refractivity contribution in [1.29, 1.82) is 0 Å². The van der Waals surface area contributed by atoms with E-state index in [1.54, 1.807) is 0 Å². The normalized spacial score (nSPS) is 12.2. The molecule has 0 saturated carbocycles. The molecule has 10 heteroatoms. The Morgan fingerprint density at radius 3 is 1.28 bits per heavy atom. The lowest BCUT2D eigenvalue weighted by Crippen LogP contribution is -2.07. The molecule has 0 radical (unpaired) electrons. The van der Waals surface area contributed by atoms with Gasteiger partial charge in [0.05, 0.1) is 14.2 Å². The molecule has 1 rings (SSSR count). The van der Waals surface area contributed by atoms with Crippen LogP contribution in [0.2, 0.25) is 0 Å². The Morgan fingerprint density at radius 2 is 1.11 bits per heavy atom. The third-order valence-electron chi connectivity index (χ3n) is 2.01. The van der Waals surface area contributed by atoms with E-state index in [9.17, 15) is 16.8 Å². The monoisotopic (exact) mass is 298 g/mol. The van der Waals surface area contributed by atoms with Crippen molar-refractivity contribution in [2.24, 2.45) is 0 Å². The highest BCUT2D eigenvalue weighted by Crippen LogP contribution is 2.34. The van der Waals surface area contributed by atoms with Crippen LogP contribution in [0.5, 0.6) is 11.5 Å². The minimum atomic E-state index is -4.62. The van der Waals surface area contributed by atoms with Gasteiger partial charge >= 0.3 is 0 Å². The molecule has 0 saturated heterocycles. The summed E-state index contributed by atoms with van der Waals surface area (Å²) in [5, 5.41) is 0. The highest BCUT2D eigenvalue weighted by molar-refractivity contribution is 7.86. The van der Waals surface area contributed by atoms with Crippen molar-refractivity contribution in [3.8, 4) is 11.5 Å². The number of benzene rings is 1. The summed E-state index contributed by atoms with van der Waals surface area (Å²) in [4.78, 5) is -1.34. The molecule has 0 aliphatic carbocycles. The van der Waals surface area contributed by atoms with Crippen LogP contribution in [0, 0.1) is 0 Å². The molecule has 8 nitrogen and oxygen atoms in total. The Hall–Kier alpha value is -1.36. The first-order valence-corrected chi connectivity index (χ1v) is 7.20. The molecule has 0 unspecified atom stereocenters. The summed E-state index contributed by atoms with van der Waals surface area (Å²) < 4.78 is 71.4. The van der Waals surface area contributed by atoms with Crippen molar-refractivity contribution in [1.82, 2.24) is 0 Å². The van der Waals surface area contributed by atoms with E-state index in [4.69, 9.17) is 9.11 Å². The molecular formula is C8H10O8S2. The standard InChI is InChI=1S/C8H10O8S2/c1-15-5-3-8(18(12,13)14)6(16-2)4-7(5)17(9,10)11/h3-4H,1-2H3,(H,9,10,11)(H,12,13,14). The molecule has 0 bridgehead atoms. The van der Waals surface area contributed by atoms with E-state index < -0.39 is 41.5 Å². The smallest absolute Gasteiger partial charge is 0.298 e. The van der Waals surface area contributed by atoms with Gasteiger partial charge in [0.25, 0.3) is 20.2 Å².